The maximum atomic E-state index is 12.7. The van der Waals surface area contributed by atoms with E-state index < -0.39 is 16.1 Å². The fourth-order valence-corrected chi connectivity index (χ4v) is 5.01. The highest BCUT2D eigenvalue weighted by Gasteiger charge is 2.38. The monoisotopic (exact) mass is 388 g/mol. The minimum atomic E-state index is -3.42. The quantitative estimate of drug-likeness (QED) is 0.741. The van der Waals surface area contributed by atoms with Gasteiger partial charge in [0.05, 0.1) is 23.1 Å². The Hall–Kier alpha value is -1.31. The van der Waals surface area contributed by atoms with Gasteiger partial charge in [-0.2, -0.15) is 4.31 Å². The van der Waals surface area contributed by atoms with E-state index in [1.54, 1.807) is 18.2 Å². The Morgan fingerprint density at radius 1 is 1.40 bits per heavy atom. The molecule has 1 N–H and O–H groups in total. The number of unbranched alkanes of at least 4 members (excludes halogenated alkanes) is 1. The minimum absolute atomic E-state index is 0.0780. The normalized spacial score (nSPS) is 18.3. The first kappa shape index (κ1) is 20.0. The van der Waals surface area contributed by atoms with Crippen molar-refractivity contribution in [2.75, 3.05) is 24.2 Å². The van der Waals surface area contributed by atoms with Gasteiger partial charge in [0.2, 0.25) is 15.9 Å². The molecule has 8 heteroatoms. The van der Waals surface area contributed by atoms with Crippen LogP contribution in [0.25, 0.3) is 0 Å². The standard InChI is InChI=1S/C17H25ClN2O4S/c1-3-5-12-25(22,23)20-11-7-10-15(20)17(21)19-14-9-6-8-13(18)16(14)24-4-2/h6,8-9,15H,3-5,7,10-12H2,1-2H3,(H,19,21). The van der Waals surface area contributed by atoms with Crippen LogP contribution >= 0.6 is 11.6 Å². The number of anilines is 1. The molecule has 1 aliphatic heterocycles. The zero-order chi connectivity index (χ0) is 18.4. The fraction of sp³-hybridized carbons (Fsp3) is 0.588. The van der Waals surface area contributed by atoms with E-state index in [9.17, 15) is 13.2 Å². The Morgan fingerprint density at radius 2 is 2.16 bits per heavy atom. The first-order chi connectivity index (χ1) is 11.9. The minimum Gasteiger partial charge on any atom is -0.490 e. The molecule has 2 rings (SSSR count). The summed E-state index contributed by atoms with van der Waals surface area (Å²) in [5.41, 5.74) is 0.456. The molecule has 1 amide bonds. The number of amides is 1. The summed E-state index contributed by atoms with van der Waals surface area (Å²) in [4.78, 5) is 12.7. The van der Waals surface area contributed by atoms with Gasteiger partial charge in [0, 0.05) is 6.54 Å². The molecule has 0 aromatic heterocycles. The highest BCUT2D eigenvalue weighted by molar-refractivity contribution is 7.89. The summed E-state index contributed by atoms with van der Waals surface area (Å²) in [7, 11) is -3.42. The van der Waals surface area contributed by atoms with Crippen LogP contribution in [-0.4, -0.2) is 43.6 Å². The second kappa shape index (κ2) is 8.87. The summed E-state index contributed by atoms with van der Waals surface area (Å²) in [6, 6.07) is 4.40. The van der Waals surface area contributed by atoms with E-state index >= 15 is 0 Å². The number of benzene rings is 1. The molecule has 0 bridgehead atoms. The average molecular weight is 389 g/mol. The zero-order valence-corrected chi connectivity index (χ0v) is 16.2. The number of nitrogens with zero attached hydrogens (tertiary/aromatic N) is 1. The Kier molecular flexibility index (Phi) is 7.10. The number of para-hydroxylation sites is 1. The van der Waals surface area contributed by atoms with Crippen LogP contribution in [0.3, 0.4) is 0 Å². The van der Waals surface area contributed by atoms with E-state index in [4.69, 9.17) is 16.3 Å². The molecule has 140 valence electrons. The van der Waals surface area contributed by atoms with Gasteiger partial charge in [0.25, 0.3) is 0 Å². The van der Waals surface area contributed by atoms with Gasteiger partial charge in [-0.3, -0.25) is 4.79 Å². The lowest BCUT2D eigenvalue weighted by Gasteiger charge is -2.24. The SMILES string of the molecule is CCCCS(=O)(=O)N1CCCC1C(=O)Nc1cccc(Cl)c1OCC. The Bertz CT molecular complexity index is 709. The molecule has 1 aromatic rings. The molecule has 1 aromatic carbocycles. The third-order valence-electron chi connectivity index (χ3n) is 4.13. The van der Waals surface area contributed by atoms with Gasteiger partial charge in [-0.15, -0.1) is 0 Å². The van der Waals surface area contributed by atoms with Crippen LogP contribution in [0.15, 0.2) is 18.2 Å². The van der Waals surface area contributed by atoms with Gasteiger partial charge < -0.3 is 10.1 Å². The lowest BCUT2D eigenvalue weighted by molar-refractivity contribution is -0.119. The summed E-state index contributed by atoms with van der Waals surface area (Å²) < 4.78 is 31.8. The van der Waals surface area contributed by atoms with Gasteiger partial charge >= 0.3 is 0 Å². The first-order valence-corrected chi connectivity index (χ1v) is 10.6. The summed E-state index contributed by atoms with van der Waals surface area (Å²) in [6.07, 6.45) is 2.58. The Labute approximate surface area is 154 Å². The van der Waals surface area contributed by atoms with Gasteiger partial charge in [0.15, 0.2) is 5.75 Å². The summed E-state index contributed by atoms with van der Waals surface area (Å²) in [6.45, 7) is 4.57. The third kappa shape index (κ3) is 4.86. The van der Waals surface area contributed by atoms with Crippen molar-refractivity contribution in [2.45, 2.75) is 45.6 Å². The van der Waals surface area contributed by atoms with Crippen molar-refractivity contribution in [3.63, 3.8) is 0 Å². The molecule has 1 unspecified atom stereocenters. The number of halogens is 1. The topological polar surface area (TPSA) is 75.7 Å². The molecule has 0 aliphatic carbocycles. The van der Waals surface area contributed by atoms with Crippen molar-refractivity contribution in [1.29, 1.82) is 0 Å². The zero-order valence-electron chi connectivity index (χ0n) is 14.6. The van der Waals surface area contributed by atoms with Gasteiger partial charge in [-0.1, -0.05) is 31.0 Å². The number of sulfonamides is 1. The van der Waals surface area contributed by atoms with Crippen molar-refractivity contribution in [2.24, 2.45) is 0 Å². The van der Waals surface area contributed by atoms with E-state index in [1.165, 1.54) is 4.31 Å². The van der Waals surface area contributed by atoms with Crippen LogP contribution in [0.5, 0.6) is 5.75 Å². The second-order valence-corrected chi connectivity index (χ2v) is 8.43. The van der Waals surface area contributed by atoms with Crippen molar-refractivity contribution in [3.05, 3.63) is 23.2 Å². The molecule has 1 heterocycles. The second-order valence-electron chi connectivity index (χ2n) is 5.98. The van der Waals surface area contributed by atoms with Crippen molar-refractivity contribution in [1.82, 2.24) is 4.31 Å². The number of ether oxygens (including phenoxy) is 1. The van der Waals surface area contributed by atoms with Crippen molar-refractivity contribution < 1.29 is 17.9 Å². The van der Waals surface area contributed by atoms with Crippen LogP contribution in [0.1, 0.15) is 39.5 Å². The predicted molar refractivity (Wildman–Crippen MR) is 99.7 cm³/mol. The van der Waals surface area contributed by atoms with E-state index in [2.05, 4.69) is 5.32 Å². The molecule has 0 saturated carbocycles. The number of hydrogen-bond donors (Lipinski definition) is 1. The fourth-order valence-electron chi connectivity index (χ4n) is 2.89. The number of rotatable bonds is 8. The molecule has 1 aliphatic rings. The maximum Gasteiger partial charge on any atom is 0.242 e. The maximum absolute atomic E-state index is 12.7. The lowest BCUT2D eigenvalue weighted by Crippen LogP contribution is -2.44. The Morgan fingerprint density at radius 3 is 2.84 bits per heavy atom. The van der Waals surface area contributed by atoms with Gasteiger partial charge in [-0.05, 0) is 38.3 Å². The predicted octanol–water partition coefficient (Wildman–Crippen LogP) is 3.27. The molecule has 0 spiro atoms. The highest BCUT2D eigenvalue weighted by atomic mass is 35.5. The molecule has 1 fully saturated rings. The Balaban J connectivity index is 2.16. The molecule has 0 radical (unpaired) electrons. The van der Waals surface area contributed by atoms with Crippen LogP contribution in [0.4, 0.5) is 5.69 Å². The summed E-state index contributed by atoms with van der Waals surface area (Å²) >= 11 is 6.13. The molecular formula is C17H25ClN2O4S. The van der Waals surface area contributed by atoms with Crippen LogP contribution in [-0.2, 0) is 14.8 Å². The van der Waals surface area contributed by atoms with Crippen molar-refractivity contribution >= 4 is 33.2 Å². The van der Waals surface area contributed by atoms with Gasteiger partial charge in [-0.25, -0.2) is 8.42 Å². The highest BCUT2D eigenvalue weighted by Crippen LogP contribution is 2.33. The summed E-state index contributed by atoms with van der Waals surface area (Å²) in [5, 5.41) is 3.18. The van der Waals surface area contributed by atoms with E-state index in [1.807, 2.05) is 13.8 Å². The van der Waals surface area contributed by atoms with E-state index in [-0.39, 0.29) is 11.7 Å². The first-order valence-electron chi connectivity index (χ1n) is 8.62. The van der Waals surface area contributed by atoms with Crippen LogP contribution < -0.4 is 10.1 Å². The molecule has 1 atom stereocenters. The number of hydrogen-bond acceptors (Lipinski definition) is 4. The smallest absolute Gasteiger partial charge is 0.242 e. The largest absolute Gasteiger partial charge is 0.490 e. The number of carbonyl (C=O) groups excluding carboxylic acids is 1. The number of carbonyl (C=O) groups is 1. The lowest BCUT2D eigenvalue weighted by atomic mass is 10.2. The number of nitrogens with one attached hydrogen (secondary N) is 1. The van der Waals surface area contributed by atoms with Gasteiger partial charge in [0.1, 0.15) is 6.04 Å². The van der Waals surface area contributed by atoms with E-state index in [0.717, 1.165) is 6.42 Å². The van der Waals surface area contributed by atoms with Crippen LogP contribution in [0.2, 0.25) is 5.02 Å². The molecule has 1 saturated heterocycles. The summed E-state index contributed by atoms with van der Waals surface area (Å²) in [5.74, 6) is 0.133. The molecular weight excluding hydrogens is 364 g/mol. The van der Waals surface area contributed by atoms with Crippen LogP contribution in [0, 0.1) is 0 Å². The third-order valence-corrected chi connectivity index (χ3v) is 6.39. The van der Waals surface area contributed by atoms with Crippen molar-refractivity contribution in [3.8, 4) is 5.75 Å². The molecule has 25 heavy (non-hydrogen) atoms. The van der Waals surface area contributed by atoms with E-state index in [0.29, 0.717) is 48.9 Å². The molecule has 6 nitrogen and oxygen atoms in total. The average Bonchev–Trinajstić information content (AvgIpc) is 3.07.